The minimum Gasteiger partial charge on any atom is -0.356 e. The van der Waals surface area contributed by atoms with E-state index >= 15 is 0 Å². The summed E-state index contributed by atoms with van der Waals surface area (Å²) in [4.78, 5) is 46.6. The number of nitrogens with zero attached hydrogens (tertiary/aromatic N) is 2. The van der Waals surface area contributed by atoms with Gasteiger partial charge >= 0.3 is 6.03 Å². The number of benzene rings is 3. The Hall–Kier alpha value is -4.39. The molecule has 2 aliphatic rings. The van der Waals surface area contributed by atoms with Crippen LogP contribution in [0.1, 0.15) is 40.1 Å². The molecule has 0 radical (unpaired) electrons. The van der Waals surface area contributed by atoms with Crippen molar-refractivity contribution in [1.82, 2.24) is 15.2 Å². The Morgan fingerprint density at radius 2 is 1.69 bits per heavy atom. The molecule has 0 aliphatic carbocycles. The first kappa shape index (κ1) is 21.2. The molecular formula is C28H24N4O3. The van der Waals surface area contributed by atoms with Gasteiger partial charge in [0, 0.05) is 29.6 Å². The van der Waals surface area contributed by atoms with Gasteiger partial charge in [-0.2, -0.15) is 0 Å². The van der Waals surface area contributed by atoms with Gasteiger partial charge in [-0.3, -0.25) is 9.59 Å². The van der Waals surface area contributed by atoms with E-state index in [1.165, 1.54) is 4.90 Å². The fourth-order valence-corrected chi connectivity index (χ4v) is 5.32. The second-order valence-corrected chi connectivity index (χ2v) is 9.01. The summed E-state index contributed by atoms with van der Waals surface area (Å²) in [5.74, 6) is -0.639. The number of para-hydroxylation sites is 2. The zero-order valence-electron chi connectivity index (χ0n) is 19.2. The third-order valence-electron chi connectivity index (χ3n) is 7.02. The van der Waals surface area contributed by atoms with Crippen LogP contribution in [0.3, 0.4) is 0 Å². The molecule has 2 N–H and O–H groups in total. The van der Waals surface area contributed by atoms with Gasteiger partial charge in [0.25, 0.3) is 11.8 Å². The predicted octanol–water partition coefficient (Wildman–Crippen LogP) is 4.55. The fourth-order valence-electron chi connectivity index (χ4n) is 5.32. The van der Waals surface area contributed by atoms with Crippen molar-refractivity contribution in [2.24, 2.45) is 0 Å². The molecule has 6 rings (SSSR count). The van der Waals surface area contributed by atoms with Crippen LogP contribution in [0.15, 0.2) is 78.9 Å². The van der Waals surface area contributed by atoms with E-state index in [2.05, 4.69) is 10.3 Å². The first-order valence-corrected chi connectivity index (χ1v) is 11.7. The third kappa shape index (κ3) is 3.31. The summed E-state index contributed by atoms with van der Waals surface area (Å²) in [5, 5.41) is 3.98. The molecule has 0 spiro atoms. The van der Waals surface area contributed by atoms with Gasteiger partial charge in [0.1, 0.15) is 6.04 Å². The molecule has 2 aliphatic heterocycles. The monoisotopic (exact) mass is 464 g/mol. The molecule has 3 heterocycles. The summed E-state index contributed by atoms with van der Waals surface area (Å²) in [5.41, 5.74) is 4.60. The van der Waals surface area contributed by atoms with Crippen LogP contribution in [0.25, 0.3) is 10.9 Å². The van der Waals surface area contributed by atoms with Gasteiger partial charge in [0.2, 0.25) is 0 Å². The van der Waals surface area contributed by atoms with Crippen LogP contribution in [0.4, 0.5) is 10.5 Å². The summed E-state index contributed by atoms with van der Waals surface area (Å²) in [7, 11) is 0. The van der Waals surface area contributed by atoms with Crippen molar-refractivity contribution in [3.8, 4) is 0 Å². The molecule has 3 aromatic carbocycles. The first-order chi connectivity index (χ1) is 17.0. The number of carbonyl (C=O) groups excluding carboxylic acids is 3. The molecule has 0 saturated carbocycles. The van der Waals surface area contributed by atoms with Gasteiger partial charge in [0.05, 0.1) is 17.3 Å². The van der Waals surface area contributed by atoms with Crippen molar-refractivity contribution in [3.05, 3.63) is 101 Å². The Morgan fingerprint density at radius 1 is 0.971 bits per heavy atom. The number of hydrogen-bond acceptors (Lipinski definition) is 3. The highest BCUT2D eigenvalue weighted by atomic mass is 16.2. The smallest absolute Gasteiger partial charge is 0.332 e. The zero-order valence-corrected chi connectivity index (χ0v) is 19.2. The molecular weight excluding hydrogens is 440 g/mol. The highest BCUT2D eigenvalue weighted by Crippen LogP contribution is 2.42. The van der Waals surface area contributed by atoms with E-state index in [0.29, 0.717) is 24.2 Å². The maximum Gasteiger partial charge on any atom is 0.332 e. The third-order valence-corrected chi connectivity index (χ3v) is 7.02. The lowest BCUT2D eigenvalue weighted by Crippen LogP contribution is -2.42. The number of nitrogens with one attached hydrogen (secondary N) is 2. The summed E-state index contributed by atoms with van der Waals surface area (Å²) in [6.45, 7) is 2.29. The standard InChI is InChI=1S/C28H24N4O3/c1-17-25-21(19-11-5-7-13-22(19)30-25)15-24-27(34)32(28(35)31(17)24)23-14-8-6-12-20(23)26(33)29-16-18-9-3-2-4-10-18/h2-14,17,24,30H,15-16H2,1H3,(H,29,33). The van der Waals surface area contributed by atoms with Gasteiger partial charge in [-0.25, -0.2) is 9.69 Å². The number of amides is 4. The van der Waals surface area contributed by atoms with Gasteiger partial charge < -0.3 is 15.2 Å². The topological polar surface area (TPSA) is 85.5 Å². The van der Waals surface area contributed by atoms with E-state index in [0.717, 1.165) is 27.7 Å². The number of carbonyl (C=O) groups is 3. The molecule has 2 atom stereocenters. The lowest BCUT2D eigenvalue weighted by atomic mass is 9.93. The second-order valence-electron chi connectivity index (χ2n) is 9.01. The van der Waals surface area contributed by atoms with Crippen LogP contribution in [0.5, 0.6) is 0 Å². The summed E-state index contributed by atoms with van der Waals surface area (Å²) >= 11 is 0. The molecule has 0 bridgehead atoms. The van der Waals surface area contributed by atoms with Crippen molar-refractivity contribution in [2.75, 3.05) is 4.90 Å². The maximum absolute atomic E-state index is 13.6. The molecule has 1 saturated heterocycles. The second kappa shape index (κ2) is 8.13. The molecule has 4 aromatic rings. The Labute approximate surface area is 202 Å². The Balaban J connectivity index is 1.32. The minimum atomic E-state index is -0.607. The molecule has 2 unspecified atom stereocenters. The molecule has 174 valence electrons. The number of fused-ring (bicyclic) bond motifs is 4. The van der Waals surface area contributed by atoms with Crippen LogP contribution in [-0.4, -0.2) is 33.8 Å². The van der Waals surface area contributed by atoms with Gasteiger partial charge in [-0.1, -0.05) is 60.7 Å². The normalized spacial score (nSPS) is 19.1. The summed E-state index contributed by atoms with van der Waals surface area (Å²) < 4.78 is 0. The van der Waals surface area contributed by atoms with E-state index in [9.17, 15) is 14.4 Å². The zero-order chi connectivity index (χ0) is 24.1. The Kier molecular flexibility index (Phi) is 4.91. The molecule has 35 heavy (non-hydrogen) atoms. The van der Waals surface area contributed by atoms with Crippen molar-refractivity contribution in [2.45, 2.75) is 32.0 Å². The molecule has 7 nitrogen and oxygen atoms in total. The maximum atomic E-state index is 13.6. The van der Waals surface area contributed by atoms with Crippen LogP contribution < -0.4 is 10.2 Å². The number of imide groups is 1. The molecule has 1 fully saturated rings. The summed E-state index contributed by atoms with van der Waals surface area (Å²) in [6, 6.07) is 23.1. The Morgan fingerprint density at radius 3 is 2.51 bits per heavy atom. The molecule has 7 heteroatoms. The van der Waals surface area contributed by atoms with Crippen LogP contribution in [0, 0.1) is 0 Å². The number of H-pyrrole nitrogens is 1. The van der Waals surface area contributed by atoms with Crippen LogP contribution in [-0.2, 0) is 17.8 Å². The highest BCUT2D eigenvalue weighted by Gasteiger charge is 2.52. The van der Waals surface area contributed by atoms with E-state index in [1.54, 1.807) is 29.2 Å². The van der Waals surface area contributed by atoms with E-state index in [-0.39, 0.29) is 17.9 Å². The summed E-state index contributed by atoms with van der Waals surface area (Å²) in [6.07, 6.45) is 0.438. The quantitative estimate of drug-likeness (QED) is 0.435. The van der Waals surface area contributed by atoms with Crippen molar-refractivity contribution < 1.29 is 14.4 Å². The lowest BCUT2D eigenvalue weighted by molar-refractivity contribution is -0.120. The van der Waals surface area contributed by atoms with E-state index in [1.807, 2.05) is 61.5 Å². The highest BCUT2D eigenvalue weighted by molar-refractivity contribution is 6.24. The first-order valence-electron chi connectivity index (χ1n) is 11.7. The van der Waals surface area contributed by atoms with Crippen LogP contribution in [0.2, 0.25) is 0 Å². The largest absolute Gasteiger partial charge is 0.356 e. The van der Waals surface area contributed by atoms with Crippen molar-refractivity contribution in [3.63, 3.8) is 0 Å². The number of anilines is 1. The fraction of sp³-hybridized carbons (Fsp3) is 0.179. The number of aromatic amines is 1. The number of hydrogen-bond donors (Lipinski definition) is 2. The van der Waals surface area contributed by atoms with Crippen molar-refractivity contribution in [1.29, 1.82) is 0 Å². The minimum absolute atomic E-state index is 0.293. The van der Waals surface area contributed by atoms with Crippen molar-refractivity contribution >= 4 is 34.4 Å². The average Bonchev–Trinajstić information content (AvgIpc) is 3.38. The molecule has 4 amide bonds. The Bertz CT molecular complexity index is 1480. The number of aromatic nitrogens is 1. The average molecular weight is 465 g/mol. The number of rotatable bonds is 4. The number of urea groups is 1. The SMILES string of the molecule is CC1c2[nH]c3ccccc3c2CC2C(=O)N(c3ccccc3C(=O)NCc3ccccc3)C(=O)N21. The van der Waals surface area contributed by atoms with Gasteiger partial charge in [0.15, 0.2) is 0 Å². The van der Waals surface area contributed by atoms with E-state index < -0.39 is 12.1 Å². The van der Waals surface area contributed by atoms with Crippen LogP contribution >= 0.6 is 0 Å². The lowest BCUT2D eigenvalue weighted by Gasteiger charge is -2.33. The molecule has 1 aromatic heterocycles. The van der Waals surface area contributed by atoms with E-state index in [4.69, 9.17) is 0 Å². The van der Waals surface area contributed by atoms with Gasteiger partial charge in [-0.15, -0.1) is 0 Å². The van der Waals surface area contributed by atoms with Gasteiger partial charge in [-0.05, 0) is 36.2 Å². The predicted molar refractivity (Wildman–Crippen MR) is 133 cm³/mol.